The van der Waals surface area contributed by atoms with Gasteiger partial charge in [0.2, 0.25) is 9.84 Å². The molecular weight excluding hydrogens is 580 g/mol. The van der Waals surface area contributed by atoms with Gasteiger partial charge in [-0.15, -0.1) is 0 Å². The van der Waals surface area contributed by atoms with E-state index in [4.69, 9.17) is 21.1 Å². The van der Waals surface area contributed by atoms with E-state index in [9.17, 15) is 23.1 Å². The molecule has 0 radical (unpaired) electrons. The van der Waals surface area contributed by atoms with Gasteiger partial charge in [0.1, 0.15) is 11.4 Å². The Labute approximate surface area is 252 Å². The average molecular weight is 617 g/mol. The number of benzene rings is 3. The first-order valence-electron chi connectivity index (χ1n) is 13.3. The van der Waals surface area contributed by atoms with E-state index in [1.54, 1.807) is 71.3 Å². The lowest BCUT2D eigenvalue weighted by Crippen LogP contribution is -2.40. The topological polar surface area (TPSA) is 113 Å². The van der Waals surface area contributed by atoms with Crippen LogP contribution in [0.15, 0.2) is 82.6 Å². The minimum Gasteiger partial charge on any atom is -0.484 e. The van der Waals surface area contributed by atoms with E-state index in [0.717, 1.165) is 5.56 Å². The van der Waals surface area contributed by atoms with Crippen LogP contribution in [-0.4, -0.2) is 74.7 Å². The standard InChI is InChI=1S/C31H37ClN2O7S/c1-31(2,3)41-30(37)34(20-28(35)23-7-6-8-24(32)19-23)18-17-22-9-13-26(14-10-22)42(38,39)27-15-11-25(12-16-27)40-21-29(36)33(4)5/h6-16,19,28,35H,17-18,20-21H2,1-5H3/t28-/m1/s1. The molecule has 0 aliphatic carbocycles. The maximum Gasteiger partial charge on any atom is 0.410 e. The highest BCUT2D eigenvalue weighted by atomic mass is 35.5. The molecule has 0 unspecified atom stereocenters. The molecule has 1 N–H and O–H groups in total. The van der Waals surface area contributed by atoms with Gasteiger partial charge in [0, 0.05) is 25.7 Å². The monoisotopic (exact) mass is 616 g/mol. The van der Waals surface area contributed by atoms with Crippen molar-refractivity contribution in [1.29, 1.82) is 0 Å². The van der Waals surface area contributed by atoms with Crippen LogP contribution in [0.1, 0.15) is 38.0 Å². The molecule has 9 nitrogen and oxygen atoms in total. The van der Waals surface area contributed by atoms with Crippen LogP contribution >= 0.6 is 11.6 Å². The molecule has 0 bridgehead atoms. The van der Waals surface area contributed by atoms with Crippen molar-refractivity contribution in [2.75, 3.05) is 33.8 Å². The zero-order valence-corrected chi connectivity index (χ0v) is 26.0. The number of hydrogen-bond donors (Lipinski definition) is 1. The van der Waals surface area contributed by atoms with E-state index in [1.165, 1.54) is 46.2 Å². The molecule has 0 aliphatic heterocycles. The lowest BCUT2D eigenvalue weighted by atomic mass is 10.1. The highest BCUT2D eigenvalue weighted by Crippen LogP contribution is 2.24. The number of carbonyl (C=O) groups excluding carboxylic acids is 2. The van der Waals surface area contributed by atoms with Gasteiger partial charge in [0.05, 0.1) is 22.4 Å². The average Bonchev–Trinajstić information content (AvgIpc) is 2.93. The third kappa shape index (κ3) is 9.47. The lowest BCUT2D eigenvalue weighted by molar-refractivity contribution is -0.130. The highest BCUT2D eigenvalue weighted by molar-refractivity contribution is 7.91. The van der Waals surface area contributed by atoms with Gasteiger partial charge in [0.25, 0.3) is 5.91 Å². The smallest absolute Gasteiger partial charge is 0.410 e. The molecule has 0 fully saturated rings. The van der Waals surface area contributed by atoms with Gasteiger partial charge >= 0.3 is 6.09 Å². The molecule has 42 heavy (non-hydrogen) atoms. The van der Waals surface area contributed by atoms with Crippen molar-refractivity contribution < 1.29 is 32.6 Å². The number of nitrogens with zero attached hydrogens (tertiary/aromatic N) is 2. The quantitative estimate of drug-likeness (QED) is 0.317. The minimum atomic E-state index is -3.79. The number of hydrogen-bond acceptors (Lipinski definition) is 7. The van der Waals surface area contributed by atoms with Gasteiger partial charge in [-0.25, -0.2) is 13.2 Å². The minimum absolute atomic E-state index is 0.00919. The van der Waals surface area contributed by atoms with Crippen LogP contribution in [0.25, 0.3) is 0 Å². The first-order chi connectivity index (χ1) is 19.7. The van der Waals surface area contributed by atoms with Crippen molar-refractivity contribution in [2.45, 2.75) is 48.7 Å². The summed E-state index contributed by atoms with van der Waals surface area (Å²) in [6.45, 7) is 5.37. The maximum absolute atomic E-state index is 13.2. The number of likely N-dealkylation sites (N-methyl/N-ethyl adjacent to an activating group) is 1. The Morgan fingerprint density at radius 2 is 1.55 bits per heavy atom. The second-order valence-electron chi connectivity index (χ2n) is 10.9. The number of sulfone groups is 1. The zero-order valence-electron chi connectivity index (χ0n) is 24.4. The van der Waals surface area contributed by atoms with Crippen molar-refractivity contribution in [3.05, 3.63) is 88.9 Å². The third-order valence-electron chi connectivity index (χ3n) is 6.18. The molecule has 3 rings (SSSR count). The normalized spacial score (nSPS) is 12.4. The van der Waals surface area contributed by atoms with E-state index in [0.29, 0.717) is 22.8 Å². The summed E-state index contributed by atoms with van der Waals surface area (Å²) in [6.07, 6.45) is -1.14. The fourth-order valence-corrected chi connectivity index (χ4v) is 5.30. The molecule has 0 saturated carbocycles. The molecule has 1 atom stereocenters. The van der Waals surface area contributed by atoms with E-state index in [2.05, 4.69) is 0 Å². The number of aliphatic hydroxyl groups excluding tert-OH is 1. The Bertz CT molecular complexity index is 1470. The van der Waals surface area contributed by atoms with Crippen molar-refractivity contribution >= 4 is 33.4 Å². The Balaban J connectivity index is 1.69. The van der Waals surface area contributed by atoms with Crippen LogP contribution in [0, 0.1) is 0 Å². The summed E-state index contributed by atoms with van der Waals surface area (Å²) in [5, 5.41) is 11.3. The first-order valence-corrected chi connectivity index (χ1v) is 15.2. The molecule has 2 amide bonds. The predicted molar refractivity (Wildman–Crippen MR) is 160 cm³/mol. The Kier molecular flexibility index (Phi) is 11.0. The van der Waals surface area contributed by atoms with Gasteiger partial charge in [-0.05, 0) is 86.8 Å². The van der Waals surface area contributed by atoms with Gasteiger partial charge in [-0.2, -0.15) is 0 Å². The summed E-state index contributed by atoms with van der Waals surface area (Å²) in [5.74, 6) is 0.174. The van der Waals surface area contributed by atoms with Crippen molar-refractivity contribution in [3.8, 4) is 5.75 Å². The third-order valence-corrected chi connectivity index (χ3v) is 8.20. The number of aliphatic hydroxyl groups is 1. The summed E-state index contributed by atoms with van der Waals surface area (Å²) in [5.41, 5.74) is 0.654. The van der Waals surface area contributed by atoms with Crippen LogP contribution < -0.4 is 4.74 Å². The van der Waals surface area contributed by atoms with Crippen molar-refractivity contribution in [1.82, 2.24) is 9.80 Å². The summed E-state index contributed by atoms with van der Waals surface area (Å²) in [4.78, 5) is 27.7. The van der Waals surface area contributed by atoms with Crippen LogP contribution in [0.2, 0.25) is 5.02 Å². The highest BCUT2D eigenvalue weighted by Gasteiger charge is 2.25. The molecule has 0 heterocycles. The van der Waals surface area contributed by atoms with Crippen LogP contribution in [-0.2, 0) is 25.8 Å². The fraction of sp³-hybridized carbons (Fsp3) is 0.355. The molecule has 226 valence electrons. The second kappa shape index (κ2) is 14.0. The van der Waals surface area contributed by atoms with Gasteiger partial charge < -0.3 is 24.4 Å². The molecular formula is C31H37ClN2O7S. The number of carbonyl (C=O) groups is 2. The molecule has 0 spiro atoms. The number of ether oxygens (including phenoxy) is 2. The molecule has 0 saturated heterocycles. The summed E-state index contributed by atoms with van der Waals surface area (Å²) < 4.78 is 37.3. The first kappa shape index (κ1) is 32.9. The molecule has 3 aromatic rings. The molecule has 0 aliphatic rings. The van der Waals surface area contributed by atoms with E-state index in [1.807, 2.05) is 0 Å². The van der Waals surface area contributed by atoms with E-state index in [-0.39, 0.29) is 35.4 Å². The summed E-state index contributed by atoms with van der Waals surface area (Å²) >= 11 is 6.06. The molecule has 3 aromatic carbocycles. The summed E-state index contributed by atoms with van der Waals surface area (Å²) in [6, 6.07) is 19.1. The number of halogens is 1. The Morgan fingerprint density at radius 1 is 0.952 bits per heavy atom. The van der Waals surface area contributed by atoms with Gasteiger partial charge in [0.15, 0.2) is 6.61 Å². The zero-order chi connectivity index (χ0) is 31.1. The lowest BCUT2D eigenvalue weighted by Gasteiger charge is -2.29. The number of amides is 2. The fourth-order valence-electron chi connectivity index (χ4n) is 3.84. The van der Waals surface area contributed by atoms with Crippen LogP contribution in [0.5, 0.6) is 5.75 Å². The largest absolute Gasteiger partial charge is 0.484 e. The van der Waals surface area contributed by atoms with E-state index < -0.39 is 27.6 Å². The van der Waals surface area contributed by atoms with Crippen molar-refractivity contribution in [3.63, 3.8) is 0 Å². The van der Waals surface area contributed by atoms with Gasteiger partial charge in [-0.1, -0.05) is 35.9 Å². The predicted octanol–water partition coefficient (Wildman–Crippen LogP) is 5.15. The molecule has 11 heteroatoms. The maximum atomic E-state index is 13.2. The van der Waals surface area contributed by atoms with Crippen molar-refractivity contribution in [2.24, 2.45) is 0 Å². The molecule has 0 aromatic heterocycles. The summed E-state index contributed by atoms with van der Waals surface area (Å²) in [7, 11) is -0.548. The second-order valence-corrected chi connectivity index (χ2v) is 13.3. The van der Waals surface area contributed by atoms with E-state index >= 15 is 0 Å². The van der Waals surface area contributed by atoms with Crippen LogP contribution in [0.3, 0.4) is 0 Å². The Hall–Kier alpha value is -3.60. The Morgan fingerprint density at radius 3 is 2.10 bits per heavy atom. The SMILES string of the molecule is CN(C)C(=O)COc1ccc(S(=O)(=O)c2ccc(CCN(C[C@@H](O)c3cccc(Cl)c3)C(=O)OC(C)(C)C)cc2)cc1. The number of rotatable bonds is 11. The van der Waals surface area contributed by atoms with Gasteiger partial charge in [-0.3, -0.25) is 4.79 Å². The van der Waals surface area contributed by atoms with Crippen LogP contribution in [0.4, 0.5) is 4.79 Å².